The quantitative estimate of drug-likeness (QED) is 0.757. The van der Waals surface area contributed by atoms with Crippen LogP contribution >= 0.6 is 0 Å². The van der Waals surface area contributed by atoms with E-state index in [1.165, 1.54) is 22.9 Å². The van der Waals surface area contributed by atoms with E-state index in [2.05, 4.69) is 10.3 Å². The molecule has 3 aromatic rings. The zero-order valence-electron chi connectivity index (χ0n) is 15.3. The van der Waals surface area contributed by atoms with Crippen molar-refractivity contribution in [1.82, 2.24) is 10.3 Å². The molecule has 1 aromatic heterocycles. The molecule has 0 radical (unpaired) electrons. The Morgan fingerprint density at radius 1 is 0.963 bits per heavy atom. The monoisotopic (exact) mass is 359 g/mol. The van der Waals surface area contributed by atoms with Crippen LogP contribution in [0.25, 0.3) is 0 Å². The Kier molecular flexibility index (Phi) is 5.61. The van der Waals surface area contributed by atoms with Crippen LogP contribution in [0, 0.1) is 6.92 Å². The molecule has 0 aliphatic heterocycles. The van der Waals surface area contributed by atoms with Gasteiger partial charge in [0.25, 0.3) is 11.8 Å². The van der Waals surface area contributed by atoms with Crippen molar-refractivity contribution in [3.05, 3.63) is 95.3 Å². The molecule has 0 unspecified atom stereocenters. The van der Waals surface area contributed by atoms with Crippen LogP contribution in [-0.4, -0.2) is 23.8 Å². The number of nitrogens with zero attached hydrogens (tertiary/aromatic N) is 2. The Labute approximate surface area is 158 Å². The van der Waals surface area contributed by atoms with E-state index in [0.29, 0.717) is 17.7 Å². The van der Waals surface area contributed by atoms with E-state index in [0.717, 1.165) is 11.3 Å². The molecule has 1 N–H and O–H groups in total. The van der Waals surface area contributed by atoms with Crippen LogP contribution in [0.15, 0.2) is 73.1 Å². The number of carbonyl (C=O) groups excluding carboxylic acids is 2. The summed E-state index contributed by atoms with van der Waals surface area (Å²) in [5.74, 6) is -0.484. The number of pyridine rings is 1. The smallest absolute Gasteiger partial charge is 0.259 e. The Balaban J connectivity index is 1.70. The molecule has 2 amide bonds. The summed E-state index contributed by atoms with van der Waals surface area (Å²) in [4.78, 5) is 30.7. The average Bonchev–Trinajstić information content (AvgIpc) is 2.72. The van der Waals surface area contributed by atoms with Gasteiger partial charge in [0.05, 0.1) is 11.1 Å². The van der Waals surface area contributed by atoms with Gasteiger partial charge in [0.15, 0.2) is 0 Å². The molecule has 0 aliphatic carbocycles. The van der Waals surface area contributed by atoms with Crippen molar-refractivity contribution in [2.75, 3.05) is 11.9 Å². The average molecular weight is 359 g/mol. The second kappa shape index (κ2) is 8.27. The predicted molar refractivity (Wildman–Crippen MR) is 106 cm³/mol. The number of para-hydroxylation sites is 1. The lowest BCUT2D eigenvalue weighted by molar-refractivity contribution is 0.0950. The topological polar surface area (TPSA) is 62.3 Å². The summed E-state index contributed by atoms with van der Waals surface area (Å²) in [6.07, 6.45) is 2.93. The molecule has 0 bridgehead atoms. The van der Waals surface area contributed by atoms with Crippen LogP contribution in [-0.2, 0) is 6.54 Å². The number of amides is 2. The first-order valence-electron chi connectivity index (χ1n) is 8.66. The molecule has 0 spiro atoms. The zero-order chi connectivity index (χ0) is 19.2. The highest BCUT2D eigenvalue weighted by Crippen LogP contribution is 2.15. The third kappa shape index (κ3) is 4.58. The minimum absolute atomic E-state index is 0.220. The summed E-state index contributed by atoms with van der Waals surface area (Å²) in [5, 5.41) is 2.86. The molecular weight excluding hydrogens is 338 g/mol. The van der Waals surface area contributed by atoms with Crippen LogP contribution in [0.4, 0.5) is 5.69 Å². The number of anilines is 1. The molecule has 0 saturated carbocycles. The maximum atomic E-state index is 12.7. The first-order chi connectivity index (χ1) is 13.0. The maximum Gasteiger partial charge on any atom is 0.259 e. The molecule has 0 atom stereocenters. The molecular formula is C22H21N3O2. The summed E-state index contributed by atoms with van der Waals surface area (Å²) in [6, 6.07) is 18.8. The number of hydrogen-bond donors (Lipinski definition) is 1. The molecule has 5 heteroatoms. The van der Waals surface area contributed by atoms with Crippen molar-refractivity contribution < 1.29 is 9.59 Å². The number of aromatic nitrogens is 1. The maximum absolute atomic E-state index is 12.7. The molecule has 0 fully saturated rings. The van der Waals surface area contributed by atoms with Gasteiger partial charge in [-0.25, -0.2) is 0 Å². The normalized spacial score (nSPS) is 10.3. The highest BCUT2D eigenvalue weighted by atomic mass is 16.2. The van der Waals surface area contributed by atoms with Gasteiger partial charge in [-0.1, -0.05) is 48.0 Å². The fourth-order valence-electron chi connectivity index (χ4n) is 2.63. The van der Waals surface area contributed by atoms with Gasteiger partial charge < -0.3 is 10.2 Å². The summed E-state index contributed by atoms with van der Waals surface area (Å²) in [7, 11) is 1.70. The van der Waals surface area contributed by atoms with Gasteiger partial charge in [-0.05, 0) is 30.7 Å². The van der Waals surface area contributed by atoms with Gasteiger partial charge in [-0.2, -0.15) is 0 Å². The fraction of sp³-hybridized carbons (Fsp3) is 0.136. The van der Waals surface area contributed by atoms with E-state index in [4.69, 9.17) is 0 Å². The van der Waals surface area contributed by atoms with Gasteiger partial charge in [0.1, 0.15) is 0 Å². The molecule has 0 saturated heterocycles. The van der Waals surface area contributed by atoms with Gasteiger partial charge in [-0.15, -0.1) is 0 Å². The van der Waals surface area contributed by atoms with E-state index in [9.17, 15) is 9.59 Å². The SMILES string of the molecule is Cc1ccc(CNC(=O)c2cncc(C(=O)N(C)c3ccccc3)c2)cc1. The van der Waals surface area contributed by atoms with Gasteiger partial charge in [0.2, 0.25) is 0 Å². The van der Waals surface area contributed by atoms with E-state index in [1.807, 2.05) is 61.5 Å². The van der Waals surface area contributed by atoms with Gasteiger partial charge >= 0.3 is 0 Å². The van der Waals surface area contributed by atoms with Crippen molar-refractivity contribution in [2.24, 2.45) is 0 Å². The van der Waals surface area contributed by atoms with Crippen molar-refractivity contribution in [2.45, 2.75) is 13.5 Å². The highest BCUT2D eigenvalue weighted by molar-refractivity contribution is 6.07. The number of rotatable bonds is 5. The van der Waals surface area contributed by atoms with Crippen molar-refractivity contribution >= 4 is 17.5 Å². The predicted octanol–water partition coefficient (Wildman–Crippen LogP) is 3.60. The summed E-state index contributed by atoms with van der Waals surface area (Å²) in [6.45, 7) is 2.43. The minimum Gasteiger partial charge on any atom is -0.348 e. The van der Waals surface area contributed by atoms with Crippen LogP contribution in [0.3, 0.4) is 0 Å². The van der Waals surface area contributed by atoms with Crippen LogP contribution < -0.4 is 10.2 Å². The Morgan fingerprint density at radius 2 is 1.63 bits per heavy atom. The number of nitrogens with one attached hydrogen (secondary N) is 1. The number of hydrogen-bond acceptors (Lipinski definition) is 3. The lowest BCUT2D eigenvalue weighted by atomic mass is 10.1. The van der Waals surface area contributed by atoms with E-state index in [1.54, 1.807) is 13.1 Å². The molecule has 0 aliphatic rings. The minimum atomic E-state index is -0.264. The number of aryl methyl sites for hydroxylation is 1. The van der Waals surface area contributed by atoms with Crippen molar-refractivity contribution in [3.63, 3.8) is 0 Å². The lowest BCUT2D eigenvalue weighted by Crippen LogP contribution is -2.27. The Bertz CT molecular complexity index is 937. The Hall–Kier alpha value is -3.47. The van der Waals surface area contributed by atoms with E-state index >= 15 is 0 Å². The van der Waals surface area contributed by atoms with E-state index < -0.39 is 0 Å². The standard InChI is InChI=1S/C22H21N3O2/c1-16-8-10-17(11-9-16)13-24-21(26)18-12-19(15-23-14-18)22(27)25(2)20-6-4-3-5-7-20/h3-12,14-15H,13H2,1-2H3,(H,24,26). The lowest BCUT2D eigenvalue weighted by Gasteiger charge is -2.17. The number of carbonyl (C=O) groups is 2. The van der Waals surface area contributed by atoms with Crippen LogP contribution in [0.1, 0.15) is 31.8 Å². The van der Waals surface area contributed by atoms with Crippen molar-refractivity contribution in [3.8, 4) is 0 Å². The molecule has 1 heterocycles. The first kappa shape index (κ1) is 18.3. The fourth-order valence-corrected chi connectivity index (χ4v) is 2.63. The molecule has 3 rings (SSSR count). The molecule has 27 heavy (non-hydrogen) atoms. The first-order valence-corrected chi connectivity index (χ1v) is 8.66. The van der Waals surface area contributed by atoms with Gasteiger partial charge in [-0.3, -0.25) is 14.6 Å². The Morgan fingerprint density at radius 3 is 2.33 bits per heavy atom. The molecule has 136 valence electrons. The van der Waals surface area contributed by atoms with E-state index in [-0.39, 0.29) is 11.8 Å². The summed E-state index contributed by atoms with van der Waals surface area (Å²) in [5.41, 5.74) is 3.68. The largest absolute Gasteiger partial charge is 0.348 e. The van der Waals surface area contributed by atoms with Crippen LogP contribution in [0.2, 0.25) is 0 Å². The second-order valence-corrected chi connectivity index (χ2v) is 6.33. The number of benzene rings is 2. The zero-order valence-corrected chi connectivity index (χ0v) is 15.3. The van der Waals surface area contributed by atoms with Crippen molar-refractivity contribution in [1.29, 1.82) is 0 Å². The van der Waals surface area contributed by atoms with Crippen LogP contribution in [0.5, 0.6) is 0 Å². The molecule has 5 nitrogen and oxygen atoms in total. The second-order valence-electron chi connectivity index (χ2n) is 6.33. The summed E-state index contributed by atoms with van der Waals surface area (Å²) >= 11 is 0. The molecule has 2 aromatic carbocycles. The third-order valence-corrected chi connectivity index (χ3v) is 4.27. The third-order valence-electron chi connectivity index (χ3n) is 4.27. The summed E-state index contributed by atoms with van der Waals surface area (Å²) < 4.78 is 0. The highest BCUT2D eigenvalue weighted by Gasteiger charge is 2.16. The van der Waals surface area contributed by atoms with Gasteiger partial charge in [0, 0.05) is 31.7 Å².